The van der Waals surface area contributed by atoms with Gasteiger partial charge in [0.05, 0.1) is 44.1 Å². The summed E-state index contributed by atoms with van der Waals surface area (Å²) in [6.07, 6.45) is 3.63. The minimum Gasteiger partial charge on any atom is -0.493 e. The SMILES string of the molecule is COc1ccc(C(=O)N2CCC(NC(=O)c3ccco3)c3c2cnn3C)cc1OC. The van der Waals surface area contributed by atoms with Gasteiger partial charge in [-0.2, -0.15) is 5.10 Å². The van der Waals surface area contributed by atoms with Gasteiger partial charge in [-0.15, -0.1) is 0 Å². The van der Waals surface area contributed by atoms with E-state index in [4.69, 9.17) is 13.9 Å². The van der Waals surface area contributed by atoms with Gasteiger partial charge >= 0.3 is 0 Å². The van der Waals surface area contributed by atoms with Gasteiger partial charge in [0.2, 0.25) is 0 Å². The molecule has 3 heterocycles. The summed E-state index contributed by atoms with van der Waals surface area (Å²) in [5, 5.41) is 7.28. The van der Waals surface area contributed by atoms with Crippen molar-refractivity contribution in [2.45, 2.75) is 12.5 Å². The lowest BCUT2D eigenvalue weighted by Gasteiger charge is -2.32. The number of anilines is 1. The number of aromatic nitrogens is 2. The highest BCUT2D eigenvalue weighted by molar-refractivity contribution is 6.07. The van der Waals surface area contributed by atoms with Crippen LogP contribution >= 0.6 is 0 Å². The van der Waals surface area contributed by atoms with E-state index in [-0.39, 0.29) is 23.6 Å². The van der Waals surface area contributed by atoms with Gasteiger partial charge in [-0.3, -0.25) is 14.3 Å². The van der Waals surface area contributed by atoms with Crippen molar-refractivity contribution in [3.8, 4) is 11.5 Å². The number of amides is 2. The summed E-state index contributed by atoms with van der Waals surface area (Å²) in [5.41, 5.74) is 1.89. The molecule has 3 aromatic rings. The fraction of sp³-hybridized carbons (Fsp3) is 0.286. The van der Waals surface area contributed by atoms with Gasteiger partial charge < -0.3 is 24.1 Å². The molecule has 0 bridgehead atoms. The second-order valence-corrected chi connectivity index (χ2v) is 6.86. The van der Waals surface area contributed by atoms with Crippen molar-refractivity contribution in [2.24, 2.45) is 7.05 Å². The number of hydrogen-bond donors (Lipinski definition) is 1. The Morgan fingerprint density at radius 2 is 2.00 bits per heavy atom. The van der Waals surface area contributed by atoms with Gasteiger partial charge in [0.15, 0.2) is 17.3 Å². The van der Waals surface area contributed by atoms with Crippen LogP contribution in [-0.2, 0) is 7.05 Å². The van der Waals surface area contributed by atoms with E-state index in [1.54, 1.807) is 60.3 Å². The number of nitrogens with one attached hydrogen (secondary N) is 1. The fourth-order valence-corrected chi connectivity index (χ4v) is 3.68. The molecule has 9 heteroatoms. The lowest BCUT2D eigenvalue weighted by molar-refractivity contribution is 0.0903. The summed E-state index contributed by atoms with van der Waals surface area (Å²) in [4.78, 5) is 27.4. The van der Waals surface area contributed by atoms with E-state index in [9.17, 15) is 9.59 Å². The molecule has 0 saturated carbocycles. The molecular formula is C21H22N4O5. The van der Waals surface area contributed by atoms with Gasteiger partial charge in [0.25, 0.3) is 11.8 Å². The lowest BCUT2D eigenvalue weighted by Crippen LogP contribution is -2.41. The monoisotopic (exact) mass is 410 g/mol. The zero-order valence-electron chi connectivity index (χ0n) is 16.9. The predicted molar refractivity (Wildman–Crippen MR) is 108 cm³/mol. The Kier molecular flexibility index (Phi) is 5.18. The third-order valence-electron chi connectivity index (χ3n) is 5.15. The minimum absolute atomic E-state index is 0.180. The number of carbonyl (C=O) groups excluding carboxylic acids is 2. The van der Waals surface area contributed by atoms with Gasteiger partial charge in [-0.05, 0) is 36.8 Å². The first kappa shape index (κ1) is 19.6. The van der Waals surface area contributed by atoms with Gasteiger partial charge in [-0.1, -0.05) is 0 Å². The molecule has 1 unspecified atom stereocenters. The molecule has 1 atom stereocenters. The third-order valence-corrected chi connectivity index (χ3v) is 5.15. The van der Waals surface area contributed by atoms with Crippen LogP contribution in [0.3, 0.4) is 0 Å². The van der Waals surface area contributed by atoms with Crippen LogP contribution in [0.25, 0.3) is 0 Å². The smallest absolute Gasteiger partial charge is 0.287 e. The average Bonchev–Trinajstić information content (AvgIpc) is 3.44. The summed E-state index contributed by atoms with van der Waals surface area (Å²) in [5.74, 6) is 0.784. The standard InChI is InChI=1S/C21H22N4O5/c1-24-19-14(23-20(26)17-5-4-10-30-17)8-9-25(15(19)12-22-24)21(27)13-6-7-16(28-2)18(11-13)29-3/h4-7,10-12,14H,8-9H2,1-3H3,(H,23,26). The first-order valence-electron chi connectivity index (χ1n) is 9.43. The Balaban J connectivity index is 1.61. The van der Waals surface area contributed by atoms with Gasteiger partial charge in [-0.25, -0.2) is 0 Å². The molecule has 0 aliphatic carbocycles. The zero-order chi connectivity index (χ0) is 21.3. The quantitative estimate of drug-likeness (QED) is 0.694. The van der Waals surface area contributed by atoms with E-state index in [0.717, 1.165) is 5.69 Å². The maximum Gasteiger partial charge on any atom is 0.287 e. The molecule has 1 N–H and O–H groups in total. The van der Waals surface area contributed by atoms with E-state index in [1.807, 2.05) is 0 Å². The highest BCUT2D eigenvalue weighted by Crippen LogP contribution is 2.35. The number of fused-ring (bicyclic) bond motifs is 1. The average molecular weight is 410 g/mol. The van der Waals surface area contributed by atoms with Crippen molar-refractivity contribution in [2.75, 3.05) is 25.7 Å². The van der Waals surface area contributed by atoms with Crippen LogP contribution in [0.5, 0.6) is 11.5 Å². The largest absolute Gasteiger partial charge is 0.493 e. The molecular weight excluding hydrogens is 388 g/mol. The van der Waals surface area contributed by atoms with E-state index >= 15 is 0 Å². The Hall–Kier alpha value is -3.75. The summed E-state index contributed by atoms with van der Waals surface area (Å²) < 4.78 is 17.4. The van der Waals surface area contributed by atoms with Gasteiger partial charge in [0.1, 0.15) is 0 Å². The van der Waals surface area contributed by atoms with Crippen molar-refractivity contribution in [1.82, 2.24) is 15.1 Å². The number of methoxy groups -OCH3 is 2. The number of ether oxygens (including phenoxy) is 2. The van der Waals surface area contributed by atoms with Crippen LogP contribution in [0.15, 0.2) is 47.2 Å². The van der Waals surface area contributed by atoms with Gasteiger partial charge in [0, 0.05) is 19.2 Å². The van der Waals surface area contributed by atoms with Crippen molar-refractivity contribution < 1.29 is 23.5 Å². The van der Waals surface area contributed by atoms with Crippen LogP contribution in [0.4, 0.5) is 5.69 Å². The van der Waals surface area contributed by atoms with Crippen molar-refractivity contribution >= 4 is 17.5 Å². The zero-order valence-corrected chi connectivity index (χ0v) is 16.9. The molecule has 2 aromatic heterocycles. The van der Waals surface area contributed by atoms with Crippen LogP contribution < -0.4 is 19.7 Å². The number of aryl methyl sites for hydroxylation is 1. The van der Waals surface area contributed by atoms with Crippen molar-refractivity contribution in [1.29, 1.82) is 0 Å². The molecule has 1 aromatic carbocycles. The Labute approximate surface area is 173 Å². The number of hydrogen-bond acceptors (Lipinski definition) is 6. The molecule has 30 heavy (non-hydrogen) atoms. The van der Waals surface area contributed by atoms with Crippen molar-refractivity contribution in [3.05, 3.63) is 59.8 Å². The molecule has 0 saturated heterocycles. The maximum absolute atomic E-state index is 13.2. The number of carbonyl (C=O) groups is 2. The van der Waals surface area contributed by atoms with Crippen LogP contribution in [0, 0.1) is 0 Å². The Bertz CT molecular complexity index is 1070. The lowest BCUT2D eigenvalue weighted by atomic mass is 10.0. The first-order chi connectivity index (χ1) is 14.5. The molecule has 1 aliphatic heterocycles. The van der Waals surface area contributed by atoms with E-state index in [1.165, 1.54) is 13.4 Å². The molecule has 1 aliphatic rings. The van der Waals surface area contributed by atoms with E-state index < -0.39 is 0 Å². The predicted octanol–water partition coefficient (Wildman–Crippen LogP) is 2.55. The number of benzene rings is 1. The molecule has 0 radical (unpaired) electrons. The molecule has 4 rings (SSSR count). The third kappa shape index (κ3) is 3.38. The second-order valence-electron chi connectivity index (χ2n) is 6.86. The Morgan fingerprint density at radius 3 is 2.70 bits per heavy atom. The van der Waals surface area contributed by atoms with Crippen LogP contribution in [0.2, 0.25) is 0 Å². The molecule has 0 fully saturated rings. The first-order valence-corrected chi connectivity index (χ1v) is 9.43. The molecule has 156 valence electrons. The summed E-state index contributed by atoms with van der Waals surface area (Å²) in [6.45, 7) is 0.426. The minimum atomic E-state index is -0.309. The summed E-state index contributed by atoms with van der Waals surface area (Å²) in [7, 11) is 4.86. The number of nitrogens with zero attached hydrogens (tertiary/aromatic N) is 3. The Morgan fingerprint density at radius 1 is 1.20 bits per heavy atom. The maximum atomic E-state index is 13.2. The fourth-order valence-electron chi connectivity index (χ4n) is 3.68. The molecule has 2 amide bonds. The highest BCUT2D eigenvalue weighted by Gasteiger charge is 2.34. The molecule has 0 spiro atoms. The highest BCUT2D eigenvalue weighted by atomic mass is 16.5. The number of rotatable bonds is 5. The summed E-state index contributed by atoms with van der Waals surface area (Å²) >= 11 is 0. The van der Waals surface area contributed by atoms with Crippen LogP contribution in [0.1, 0.15) is 39.1 Å². The second kappa shape index (κ2) is 7.94. The summed E-state index contributed by atoms with van der Waals surface area (Å²) in [6, 6.07) is 8.03. The van der Waals surface area contributed by atoms with E-state index in [0.29, 0.717) is 35.7 Å². The normalized spacial score (nSPS) is 15.4. The molecule has 9 nitrogen and oxygen atoms in total. The van der Waals surface area contributed by atoms with Crippen molar-refractivity contribution in [3.63, 3.8) is 0 Å². The topological polar surface area (TPSA) is 98.8 Å². The van der Waals surface area contributed by atoms with Crippen LogP contribution in [-0.4, -0.2) is 42.4 Å². The number of furan rings is 1. The van der Waals surface area contributed by atoms with E-state index in [2.05, 4.69) is 10.4 Å².